The molecule has 2 rings (SSSR count). The van der Waals surface area contributed by atoms with E-state index >= 15 is 0 Å². The zero-order valence-electron chi connectivity index (χ0n) is 19.4. The molecule has 2 aromatic rings. The zero-order chi connectivity index (χ0) is 20.7. The number of nitrogens with zero attached hydrogens (tertiary/aromatic N) is 2. The molecule has 0 amide bonds. The van der Waals surface area contributed by atoms with Gasteiger partial charge >= 0.3 is 0 Å². The predicted molar refractivity (Wildman–Crippen MR) is 125 cm³/mol. The molecule has 2 nitrogen and oxygen atoms in total. The minimum atomic E-state index is 0.547. The Balaban J connectivity index is 1.63. The number of aryl methyl sites for hydroxylation is 1. The lowest BCUT2D eigenvalue weighted by molar-refractivity contribution is -0.705. The fourth-order valence-corrected chi connectivity index (χ4v) is 4.37. The first kappa shape index (κ1) is 23.7. The molecule has 29 heavy (non-hydrogen) atoms. The Hall–Kier alpha value is -1.57. The van der Waals surface area contributed by atoms with Gasteiger partial charge in [0, 0.05) is 0 Å². The van der Waals surface area contributed by atoms with Crippen LogP contribution in [0.1, 0.15) is 115 Å². The van der Waals surface area contributed by atoms with Crippen LogP contribution in [-0.4, -0.2) is 4.57 Å². The van der Waals surface area contributed by atoms with Gasteiger partial charge in [0.2, 0.25) is 0 Å². The van der Waals surface area contributed by atoms with Gasteiger partial charge in [-0.3, -0.25) is 0 Å². The minimum Gasteiger partial charge on any atom is -0.234 e. The molecular formula is C27H45N2+. The maximum absolute atomic E-state index is 2.49. The third-order valence-electron chi connectivity index (χ3n) is 5.98. The smallest absolute Gasteiger partial charge is 0.234 e. The van der Waals surface area contributed by atoms with Crippen molar-refractivity contribution in [3.63, 3.8) is 0 Å². The van der Waals surface area contributed by atoms with Crippen molar-refractivity contribution in [2.24, 2.45) is 0 Å². The molecule has 1 aromatic carbocycles. The Labute approximate surface area is 180 Å². The summed E-state index contributed by atoms with van der Waals surface area (Å²) in [5.41, 5.74) is 1.38. The normalized spacial score (nSPS) is 11.4. The van der Waals surface area contributed by atoms with Crippen molar-refractivity contribution >= 4 is 0 Å². The predicted octanol–water partition coefficient (Wildman–Crippen LogP) is 7.65. The number of unbranched alkanes of at least 4 members (excludes halogenated alkanes) is 11. The average molecular weight is 398 g/mol. The number of aromatic nitrogens is 2. The molecule has 0 aliphatic carbocycles. The summed E-state index contributed by atoms with van der Waals surface area (Å²) in [4.78, 5) is 0. The first-order valence-corrected chi connectivity index (χ1v) is 12.3. The van der Waals surface area contributed by atoms with Crippen LogP contribution in [0.4, 0.5) is 0 Å². The van der Waals surface area contributed by atoms with Crippen LogP contribution in [0.15, 0.2) is 42.7 Å². The summed E-state index contributed by atoms with van der Waals surface area (Å²) < 4.78 is 4.92. The molecule has 0 aliphatic heterocycles. The molecule has 2 heteroatoms. The van der Waals surface area contributed by atoms with Gasteiger partial charge < -0.3 is 0 Å². The van der Waals surface area contributed by atoms with Gasteiger partial charge in [0.05, 0.1) is 12.5 Å². The van der Waals surface area contributed by atoms with Crippen molar-refractivity contribution in [3.8, 4) is 0 Å². The van der Waals surface area contributed by atoms with Crippen LogP contribution in [-0.2, 0) is 13.1 Å². The number of rotatable bonds is 16. The quantitative estimate of drug-likeness (QED) is 0.203. The molecule has 0 aliphatic rings. The van der Waals surface area contributed by atoms with E-state index in [2.05, 4.69) is 72.6 Å². The van der Waals surface area contributed by atoms with Gasteiger partial charge in [0.15, 0.2) is 0 Å². The van der Waals surface area contributed by atoms with E-state index in [1.165, 1.54) is 88.4 Å². The first-order valence-electron chi connectivity index (χ1n) is 12.3. The highest BCUT2D eigenvalue weighted by molar-refractivity contribution is 5.15. The van der Waals surface area contributed by atoms with Crippen molar-refractivity contribution in [2.75, 3.05) is 0 Å². The van der Waals surface area contributed by atoms with E-state index < -0.39 is 0 Å². The van der Waals surface area contributed by atoms with Crippen LogP contribution < -0.4 is 4.57 Å². The molecule has 1 aromatic heterocycles. The fraction of sp³-hybridized carbons (Fsp3) is 0.667. The van der Waals surface area contributed by atoms with Crippen LogP contribution in [0.2, 0.25) is 0 Å². The summed E-state index contributed by atoms with van der Waals surface area (Å²) in [6.07, 6.45) is 21.5. The molecule has 0 spiro atoms. The van der Waals surface area contributed by atoms with Crippen LogP contribution in [0.25, 0.3) is 0 Å². The second-order valence-electron chi connectivity index (χ2n) is 9.01. The number of hydrogen-bond acceptors (Lipinski definition) is 0. The highest BCUT2D eigenvalue weighted by atomic mass is 15.1. The highest BCUT2D eigenvalue weighted by Crippen LogP contribution is 2.15. The number of hydrogen-bond donors (Lipinski definition) is 0. The molecular weight excluding hydrogens is 352 g/mol. The Morgan fingerprint density at radius 3 is 1.86 bits per heavy atom. The third-order valence-corrected chi connectivity index (χ3v) is 5.98. The lowest BCUT2D eigenvalue weighted by atomic mass is 10.1. The number of benzene rings is 1. The minimum absolute atomic E-state index is 0.547. The largest absolute Gasteiger partial charge is 0.259 e. The maximum atomic E-state index is 2.49. The second kappa shape index (κ2) is 14.4. The lowest BCUT2D eigenvalue weighted by Crippen LogP contribution is -2.38. The van der Waals surface area contributed by atoms with E-state index in [4.69, 9.17) is 0 Å². The average Bonchev–Trinajstić information content (AvgIpc) is 3.12. The van der Waals surface area contributed by atoms with E-state index in [0.29, 0.717) is 5.92 Å². The monoisotopic (exact) mass is 397 g/mol. The van der Waals surface area contributed by atoms with E-state index in [1.54, 1.807) is 0 Å². The molecule has 0 atom stereocenters. The first-order chi connectivity index (χ1) is 14.2. The van der Waals surface area contributed by atoms with Gasteiger partial charge in [-0.05, 0) is 18.4 Å². The van der Waals surface area contributed by atoms with E-state index in [1.807, 2.05) is 0 Å². The molecule has 1 heterocycles. The van der Waals surface area contributed by atoms with Crippen LogP contribution in [0.3, 0.4) is 0 Å². The number of imidazole rings is 1. The van der Waals surface area contributed by atoms with Crippen LogP contribution >= 0.6 is 0 Å². The fourth-order valence-electron chi connectivity index (χ4n) is 4.37. The van der Waals surface area contributed by atoms with Crippen molar-refractivity contribution < 1.29 is 4.57 Å². The molecule has 0 bridgehead atoms. The molecule has 0 saturated carbocycles. The molecule has 0 fully saturated rings. The van der Waals surface area contributed by atoms with Crippen molar-refractivity contribution in [1.29, 1.82) is 0 Å². The highest BCUT2D eigenvalue weighted by Gasteiger charge is 2.20. The van der Waals surface area contributed by atoms with Gasteiger partial charge in [0.1, 0.15) is 18.9 Å². The topological polar surface area (TPSA) is 8.81 Å². The molecule has 0 radical (unpaired) electrons. The van der Waals surface area contributed by atoms with E-state index in [9.17, 15) is 0 Å². The summed E-state index contributed by atoms with van der Waals surface area (Å²) >= 11 is 0. The van der Waals surface area contributed by atoms with E-state index in [-0.39, 0.29) is 0 Å². The van der Waals surface area contributed by atoms with Crippen molar-refractivity contribution in [3.05, 3.63) is 54.1 Å². The Morgan fingerprint density at radius 2 is 1.31 bits per heavy atom. The Morgan fingerprint density at radius 1 is 0.759 bits per heavy atom. The lowest BCUT2D eigenvalue weighted by Gasteiger charge is -2.08. The van der Waals surface area contributed by atoms with Gasteiger partial charge in [-0.1, -0.05) is 115 Å². The van der Waals surface area contributed by atoms with Crippen molar-refractivity contribution in [2.45, 2.75) is 117 Å². The van der Waals surface area contributed by atoms with Crippen LogP contribution in [0, 0.1) is 0 Å². The Bertz CT molecular complexity index is 642. The second-order valence-corrected chi connectivity index (χ2v) is 9.01. The van der Waals surface area contributed by atoms with E-state index in [0.717, 1.165) is 13.1 Å². The Kier molecular flexibility index (Phi) is 11.8. The SMILES string of the molecule is CCCCCCCCCCCCCC[n+]1ccn(Cc2ccccc2)c1C(C)C. The summed E-state index contributed by atoms with van der Waals surface area (Å²) in [5, 5.41) is 0. The molecule has 162 valence electrons. The van der Waals surface area contributed by atoms with Crippen LogP contribution in [0.5, 0.6) is 0 Å². The summed E-state index contributed by atoms with van der Waals surface area (Å²) in [6, 6.07) is 10.8. The van der Waals surface area contributed by atoms with Gasteiger partial charge in [-0.15, -0.1) is 0 Å². The summed E-state index contributed by atoms with van der Waals surface area (Å²) in [7, 11) is 0. The van der Waals surface area contributed by atoms with Gasteiger partial charge in [-0.25, -0.2) is 9.13 Å². The van der Waals surface area contributed by atoms with Gasteiger partial charge in [0.25, 0.3) is 5.82 Å². The van der Waals surface area contributed by atoms with Gasteiger partial charge in [-0.2, -0.15) is 0 Å². The molecule has 0 N–H and O–H groups in total. The molecule has 0 unspecified atom stereocenters. The summed E-state index contributed by atoms with van der Waals surface area (Å²) in [6.45, 7) is 9.06. The molecule has 0 saturated heterocycles. The standard InChI is InChI=1S/C27H45N2/c1-4-5-6-7-8-9-10-11-12-13-14-18-21-28-22-23-29(27(28)25(2)3)24-26-19-16-15-17-20-26/h15-17,19-20,22-23,25H,4-14,18,21,24H2,1-3H3/q+1. The third kappa shape index (κ3) is 9.19. The maximum Gasteiger partial charge on any atom is 0.259 e. The summed E-state index contributed by atoms with van der Waals surface area (Å²) in [5.74, 6) is 2.00. The zero-order valence-corrected chi connectivity index (χ0v) is 19.4. The van der Waals surface area contributed by atoms with Crippen molar-refractivity contribution in [1.82, 2.24) is 4.57 Å².